The van der Waals surface area contributed by atoms with E-state index in [4.69, 9.17) is 10.5 Å². The van der Waals surface area contributed by atoms with Crippen molar-refractivity contribution in [3.8, 4) is 11.5 Å². The Labute approximate surface area is 127 Å². The molecule has 5 nitrogen and oxygen atoms in total. The summed E-state index contributed by atoms with van der Waals surface area (Å²) in [5, 5.41) is 21.7. The van der Waals surface area contributed by atoms with Gasteiger partial charge in [-0.1, -0.05) is 6.07 Å². The topological polar surface area (TPSA) is 92.8 Å². The van der Waals surface area contributed by atoms with Crippen molar-refractivity contribution in [2.45, 2.75) is 42.4 Å². The second-order valence-electron chi connectivity index (χ2n) is 6.99. The molecule has 0 amide bonds. The van der Waals surface area contributed by atoms with Crippen molar-refractivity contribution in [2.75, 3.05) is 0 Å². The van der Waals surface area contributed by atoms with E-state index in [1.165, 1.54) is 6.08 Å². The van der Waals surface area contributed by atoms with Crippen molar-refractivity contribution in [3.63, 3.8) is 0 Å². The molecule has 5 heteroatoms. The predicted molar refractivity (Wildman–Crippen MR) is 77.7 cm³/mol. The Kier molecular flexibility index (Phi) is 2.04. The van der Waals surface area contributed by atoms with E-state index >= 15 is 0 Å². The zero-order valence-corrected chi connectivity index (χ0v) is 12.0. The first-order chi connectivity index (χ1) is 10.5. The summed E-state index contributed by atoms with van der Waals surface area (Å²) in [6.45, 7) is 0. The zero-order valence-electron chi connectivity index (χ0n) is 12.0. The molecule has 22 heavy (non-hydrogen) atoms. The van der Waals surface area contributed by atoms with Crippen LogP contribution in [0.3, 0.4) is 0 Å². The number of phenolic OH excluding ortho intramolecular Hbond substituents is 1. The molecular weight excluding hydrogens is 282 g/mol. The molecule has 1 heterocycles. The van der Waals surface area contributed by atoms with Crippen molar-refractivity contribution in [1.29, 1.82) is 0 Å². The second-order valence-corrected chi connectivity index (χ2v) is 6.99. The average molecular weight is 299 g/mol. The van der Waals surface area contributed by atoms with Crippen molar-refractivity contribution >= 4 is 5.78 Å². The molecule has 0 saturated heterocycles. The third kappa shape index (κ3) is 1.08. The van der Waals surface area contributed by atoms with Gasteiger partial charge in [-0.25, -0.2) is 0 Å². The van der Waals surface area contributed by atoms with E-state index in [0.717, 1.165) is 17.5 Å². The molecule has 114 valence electrons. The number of carbonyl (C=O) groups is 1. The van der Waals surface area contributed by atoms with Gasteiger partial charge in [-0.05, 0) is 43.0 Å². The van der Waals surface area contributed by atoms with Gasteiger partial charge >= 0.3 is 0 Å². The van der Waals surface area contributed by atoms with Crippen LogP contribution in [0.4, 0.5) is 0 Å². The van der Waals surface area contributed by atoms with Crippen LogP contribution >= 0.6 is 0 Å². The molecule has 5 rings (SSSR count). The number of aliphatic hydroxyl groups is 1. The Morgan fingerprint density at radius 2 is 2.18 bits per heavy atom. The number of carbonyl (C=O) groups excluding carboxylic acids is 1. The maximum Gasteiger partial charge on any atom is 0.196 e. The first kappa shape index (κ1) is 12.7. The molecule has 1 spiro atoms. The lowest BCUT2D eigenvalue weighted by molar-refractivity contribution is -0.147. The highest BCUT2D eigenvalue weighted by molar-refractivity contribution is 5.98. The minimum Gasteiger partial charge on any atom is -0.504 e. The molecular formula is C17H17NO4. The highest BCUT2D eigenvalue weighted by Crippen LogP contribution is 2.65. The maximum atomic E-state index is 12.4. The molecule has 1 saturated carbocycles. The van der Waals surface area contributed by atoms with Gasteiger partial charge in [0.15, 0.2) is 23.4 Å². The van der Waals surface area contributed by atoms with Crippen molar-refractivity contribution < 1.29 is 19.7 Å². The first-order valence-electron chi connectivity index (χ1n) is 7.72. The Morgan fingerprint density at radius 1 is 1.36 bits per heavy atom. The van der Waals surface area contributed by atoms with E-state index < -0.39 is 17.1 Å². The van der Waals surface area contributed by atoms with Crippen LogP contribution < -0.4 is 10.5 Å². The molecule has 5 atom stereocenters. The Morgan fingerprint density at radius 3 is 3.00 bits per heavy atom. The fraction of sp³-hybridized carbons (Fsp3) is 0.471. The zero-order chi connectivity index (χ0) is 15.3. The van der Waals surface area contributed by atoms with Crippen LogP contribution in [0, 0.1) is 5.92 Å². The van der Waals surface area contributed by atoms with Gasteiger partial charge in [0.25, 0.3) is 0 Å². The summed E-state index contributed by atoms with van der Waals surface area (Å²) < 4.78 is 5.87. The van der Waals surface area contributed by atoms with Gasteiger partial charge in [0.05, 0.1) is 5.41 Å². The van der Waals surface area contributed by atoms with Gasteiger partial charge in [0.2, 0.25) is 0 Å². The van der Waals surface area contributed by atoms with Crippen molar-refractivity contribution in [2.24, 2.45) is 11.7 Å². The number of ketones is 1. The third-order valence-electron chi connectivity index (χ3n) is 6.22. The van der Waals surface area contributed by atoms with E-state index in [2.05, 4.69) is 0 Å². The van der Waals surface area contributed by atoms with Crippen LogP contribution in [0.25, 0.3) is 0 Å². The molecule has 0 radical (unpaired) electrons. The normalized spacial score (nSPS) is 43.7. The molecule has 1 unspecified atom stereocenters. The summed E-state index contributed by atoms with van der Waals surface area (Å²) in [5.74, 6) is 0.111. The minimum atomic E-state index is -1.19. The SMILES string of the molecule is NC1CC[C@]23c4c5ccc(O)c4O[C@H]2C(=O)C=C[C@@]3(O)[C@H]1C5. The van der Waals surface area contributed by atoms with Crippen LogP contribution in [0.15, 0.2) is 24.3 Å². The number of benzene rings is 1. The Hall–Kier alpha value is -1.85. The molecule has 4 N–H and O–H groups in total. The lowest BCUT2D eigenvalue weighted by Gasteiger charge is -2.59. The van der Waals surface area contributed by atoms with Gasteiger partial charge < -0.3 is 20.7 Å². The van der Waals surface area contributed by atoms with Crippen LogP contribution in [0.2, 0.25) is 0 Å². The summed E-state index contributed by atoms with van der Waals surface area (Å²) in [6.07, 6.45) is 4.24. The van der Waals surface area contributed by atoms with Gasteiger partial charge in [-0.15, -0.1) is 0 Å². The quantitative estimate of drug-likeness (QED) is 0.651. The number of ether oxygens (including phenoxy) is 1. The largest absolute Gasteiger partial charge is 0.504 e. The summed E-state index contributed by atoms with van der Waals surface area (Å²) >= 11 is 0. The highest BCUT2D eigenvalue weighted by atomic mass is 16.5. The van der Waals surface area contributed by atoms with Crippen LogP contribution in [-0.2, 0) is 16.6 Å². The summed E-state index contributed by atoms with van der Waals surface area (Å²) in [6, 6.07) is 3.36. The second kappa shape index (κ2) is 3.55. The van der Waals surface area contributed by atoms with E-state index in [9.17, 15) is 15.0 Å². The van der Waals surface area contributed by atoms with Crippen molar-refractivity contribution in [1.82, 2.24) is 0 Å². The molecule has 1 aromatic carbocycles. The van der Waals surface area contributed by atoms with Crippen molar-refractivity contribution in [3.05, 3.63) is 35.4 Å². The van der Waals surface area contributed by atoms with Crippen LogP contribution in [0.1, 0.15) is 24.0 Å². The fourth-order valence-corrected chi connectivity index (χ4v) is 5.27. The summed E-state index contributed by atoms with van der Waals surface area (Å²) in [4.78, 5) is 12.4. The van der Waals surface area contributed by atoms with E-state index in [-0.39, 0.29) is 23.5 Å². The van der Waals surface area contributed by atoms with Crippen LogP contribution in [0.5, 0.6) is 11.5 Å². The summed E-state index contributed by atoms with van der Waals surface area (Å²) in [5.41, 5.74) is 6.15. The monoisotopic (exact) mass is 299 g/mol. The Balaban J connectivity index is 1.91. The number of hydrogen-bond acceptors (Lipinski definition) is 5. The molecule has 4 aliphatic rings. The van der Waals surface area contributed by atoms with Gasteiger partial charge in [-0.2, -0.15) is 0 Å². The molecule has 0 aromatic heterocycles. The van der Waals surface area contributed by atoms with Gasteiger partial charge in [0.1, 0.15) is 5.60 Å². The maximum absolute atomic E-state index is 12.4. The van der Waals surface area contributed by atoms with Crippen LogP contribution in [-0.4, -0.2) is 33.7 Å². The van der Waals surface area contributed by atoms with E-state index in [0.29, 0.717) is 18.6 Å². The highest BCUT2D eigenvalue weighted by Gasteiger charge is 2.71. The lowest BCUT2D eigenvalue weighted by atomic mass is 9.46. The smallest absolute Gasteiger partial charge is 0.196 e. The number of phenols is 1. The molecule has 3 aliphatic carbocycles. The lowest BCUT2D eigenvalue weighted by Crippen LogP contribution is -2.71. The number of aromatic hydroxyl groups is 1. The molecule has 2 bridgehead atoms. The number of hydrogen-bond donors (Lipinski definition) is 3. The molecule has 1 aliphatic heterocycles. The molecule has 1 aromatic rings. The predicted octanol–water partition coefficient (Wildman–Crippen LogP) is 0.554. The third-order valence-corrected chi connectivity index (χ3v) is 6.22. The number of rotatable bonds is 0. The van der Waals surface area contributed by atoms with E-state index in [1.807, 2.05) is 6.07 Å². The van der Waals surface area contributed by atoms with E-state index in [1.54, 1.807) is 12.1 Å². The average Bonchev–Trinajstić information content (AvgIpc) is 2.85. The first-order valence-corrected chi connectivity index (χ1v) is 7.72. The summed E-state index contributed by atoms with van der Waals surface area (Å²) in [7, 11) is 0. The Bertz CT molecular complexity index is 757. The minimum absolute atomic E-state index is 0.0333. The van der Waals surface area contributed by atoms with Gasteiger partial charge in [0, 0.05) is 17.5 Å². The standard InChI is InChI=1S/C17H17NO4/c18-10-3-5-16-13-8-1-2-11(19)14(13)22-15(16)12(20)4-6-17(16,21)9(10)7-8/h1-2,4,6,9-10,15,19,21H,3,5,7,18H2/t9-,10?,15-,16-,17+/m0/s1. The number of nitrogens with two attached hydrogens (primary N) is 1. The van der Waals surface area contributed by atoms with Gasteiger partial charge in [-0.3, -0.25) is 4.79 Å². The fourth-order valence-electron chi connectivity index (χ4n) is 5.27. The molecule has 1 fully saturated rings.